The fourth-order valence-corrected chi connectivity index (χ4v) is 1.92. The normalized spacial score (nSPS) is 27.2. The molecule has 0 saturated heterocycles. The molecule has 1 aliphatic heterocycles. The molecule has 3 N–H and O–H groups in total. The number of hydrogen-bond donors (Lipinski definition) is 2. The molecule has 13 heavy (non-hydrogen) atoms. The van der Waals surface area contributed by atoms with Crippen LogP contribution >= 0.6 is 0 Å². The molecule has 0 saturated carbocycles. The van der Waals surface area contributed by atoms with E-state index >= 15 is 0 Å². The average Bonchev–Trinajstić information content (AvgIpc) is 2.17. The van der Waals surface area contributed by atoms with Gasteiger partial charge in [0.05, 0.1) is 6.04 Å². The van der Waals surface area contributed by atoms with Gasteiger partial charge in [-0.15, -0.1) is 0 Å². The van der Waals surface area contributed by atoms with Crippen LogP contribution in [-0.2, 0) is 4.79 Å². The monoisotopic (exact) mass is 178 g/mol. The lowest BCUT2D eigenvalue weighted by Gasteiger charge is -2.27. The highest BCUT2D eigenvalue weighted by atomic mass is 16.1. The van der Waals surface area contributed by atoms with Crippen LogP contribution in [0.3, 0.4) is 0 Å². The van der Waals surface area contributed by atoms with Gasteiger partial charge < -0.3 is 11.1 Å². The van der Waals surface area contributed by atoms with Gasteiger partial charge in [-0.05, 0) is 24.8 Å². The van der Waals surface area contributed by atoms with Crippen LogP contribution in [0.1, 0.15) is 19.3 Å². The summed E-state index contributed by atoms with van der Waals surface area (Å²) in [4.78, 5) is 10.9. The fourth-order valence-electron chi connectivity index (χ4n) is 1.92. The Morgan fingerprint density at radius 1 is 1.62 bits per heavy atom. The molecule has 1 unspecified atom stereocenters. The highest BCUT2D eigenvalue weighted by Gasteiger charge is 2.23. The first-order valence-electron chi connectivity index (χ1n) is 4.67. The van der Waals surface area contributed by atoms with Crippen molar-refractivity contribution in [2.45, 2.75) is 25.3 Å². The molecule has 0 fully saturated rings. The van der Waals surface area contributed by atoms with Crippen molar-refractivity contribution in [3.05, 3.63) is 23.3 Å². The zero-order valence-corrected chi connectivity index (χ0v) is 7.55. The minimum Gasteiger partial charge on any atom is -0.368 e. The second-order valence-electron chi connectivity index (χ2n) is 3.61. The van der Waals surface area contributed by atoms with Crippen LogP contribution in [0.4, 0.5) is 0 Å². The molecule has 70 valence electrons. The number of hydrogen-bond acceptors (Lipinski definition) is 2. The van der Waals surface area contributed by atoms with E-state index in [4.69, 9.17) is 5.73 Å². The lowest BCUT2D eigenvalue weighted by molar-refractivity contribution is -0.120. The summed E-state index contributed by atoms with van der Waals surface area (Å²) in [6.07, 6.45) is 7.32. The Balaban J connectivity index is 2.14. The molecular formula is C10H14N2O. The summed E-state index contributed by atoms with van der Waals surface area (Å²) in [5, 5.41) is 3.15. The van der Waals surface area contributed by atoms with E-state index in [1.54, 1.807) is 0 Å². The number of rotatable bonds is 1. The second-order valence-corrected chi connectivity index (χ2v) is 3.61. The summed E-state index contributed by atoms with van der Waals surface area (Å²) in [6, 6.07) is -0.165. The van der Waals surface area contributed by atoms with Crippen LogP contribution in [0.2, 0.25) is 0 Å². The van der Waals surface area contributed by atoms with E-state index in [9.17, 15) is 4.79 Å². The van der Waals surface area contributed by atoms with Gasteiger partial charge in [0, 0.05) is 6.54 Å². The van der Waals surface area contributed by atoms with E-state index in [0.29, 0.717) is 0 Å². The number of allylic oxidation sites excluding steroid dienone is 2. The third kappa shape index (κ3) is 1.65. The van der Waals surface area contributed by atoms with Crippen molar-refractivity contribution in [3.8, 4) is 0 Å². The Hall–Kier alpha value is -1.09. The zero-order chi connectivity index (χ0) is 9.26. The minimum absolute atomic E-state index is 0.165. The molecule has 0 spiro atoms. The largest absolute Gasteiger partial charge is 0.368 e. The molecular weight excluding hydrogens is 164 g/mol. The van der Waals surface area contributed by atoms with Crippen molar-refractivity contribution in [3.63, 3.8) is 0 Å². The van der Waals surface area contributed by atoms with E-state index in [0.717, 1.165) is 25.8 Å². The van der Waals surface area contributed by atoms with E-state index in [2.05, 4.69) is 17.5 Å². The molecule has 0 bridgehead atoms. The number of carbonyl (C=O) groups excluding carboxylic acids is 1. The quantitative estimate of drug-likeness (QED) is 0.613. The van der Waals surface area contributed by atoms with Gasteiger partial charge in [-0.2, -0.15) is 0 Å². The lowest BCUT2D eigenvalue weighted by Crippen LogP contribution is -2.45. The summed E-state index contributed by atoms with van der Waals surface area (Å²) in [7, 11) is 0. The van der Waals surface area contributed by atoms with Crippen LogP contribution < -0.4 is 11.1 Å². The first-order valence-corrected chi connectivity index (χ1v) is 4.67. The van der Waals surface area contributed by atoms with Gasteiger partial charge >= 0.3 is 0 Å². The average molecular weight is 178 g/mol. The maximum atomic E-state index is 10.9. The van der Waals surface area contributed by atoms with Gasteiger partial charge in [0.15, 0.2) is 0 Å². The van der Waals surface area contributed by atoms with Crippen molar-refractivity contribution in [2.75, 3.05) is 6.54 Å². The van der Waals surface area contributed by atoms with Crippen LogP contribution in [-0.4, -0.2) is 18.5 Å². The number of nitrogens with two attached hydrogens (primary N) is 1. The highest BCUT2D eigenvalue weighted by molar-refractivity contribution is 5.80. The van der Waals surface area contributed by atoms with E-state index < -0.39 is 0 Å². The molecule has 0 aromatic carbocycles. The Kier molecular flexibility index (Phi) is 2.19. The zero-order valence-electron chi connectivity index (χ0n) is 7.55. The number of primary amides is 1. The summed E-state index contributed by atoms with van der Waals surface area (Å²) in [5.74, 6) is -0.245. The van der Waals surface area contributed by atoms with Gasteiger partial charge in [-0.3, -0.25) is 4.79 Å². The number of carbonyl (C=O) groups is 1. The summed E-state index contributed by atoms with van der Waals surface area (Å²) >= 11 is 0. The van der Waals surface area contributed by atoms with E-state index in [1.807, 2.05) is 0 Å². The van der Waals surface area contributed by atoms with E-state index in [-0.39, 0.29) is 11.9 Å². The van der Waals surface area contributed by atoms with Gasteiger partial charge in [0.2, 0.25) is 5.91 Å². The maximum absolute atomic E-state index is 10.9. The Bertz CT molecular complexity index is 291. The van der Waals surface area contributed by atoms with Gasteiger partial charge in [0.1, 0.15) is 0 Å². The van der Waals surface area contributed by atoms with Crippen molar-refractivity contribution < 1.29 is 4.79 Å². The van der Waals surface area contributed by atoms with Crippen LogP contribution in [0.15, 0.2) is 23.3 Å². The molecule has 3 heteroatoms. The fraction of sp³-hybridized carbons (Fsp3) is 0.500. The van der Waals surface area contributed by atoms with Crippen molar-refractivity contribution >= 4 is 5.91 Å². The van der Waals surface area contributed by atoms with Crippen molar-refractivity contribution in [1.82, 2.24) is 5.32 Å². The maximum Gasteiger partial charge on any atom is 0.234 e. The number of amides is 1. The molecule has 2 aliphatic rings. The van der Waals surface area contributed by atoms with Crippen molar-refractivity contribution in [1.29, 1.82) is 0 Å². The van der Waals surface area contributed by atoms with Crippen LogP contribution in [0.5, 0.6) is 0 Å². The molecule has 0 radical (unpaired) electrons. The molecule has 1 amide bonds. The van der Waals surface area contributed by atoms with Crippen LogP contribution in [0.25, 0.3) is 0 Å². The minimum atomic E-state index is -0.245. The Morgan fingerprint density at radius 3 is 3.23 bits per heavy atom. The van der Waals surface area contributed by atoms with Gasteiger partial charge in [-0.25, -0.2) is 0 Å². The van der Waals surface area contributed by atoms with Gasteiger partial charge in [0.25, 0.3) is 0 Å². The number of nitrogens with one attached hydrogen (secondary N) is 1. The summed E-state index contributed by atoms with van der Waals surface area (Å²) < 4.78 is 0. The first kappa shape index (κ1) is 8.51. The summed E-state index contributed by atoms with van der Waals surface area (Å²) in [5.41, 5.74) is 8.00. The molecule has 1 atom stereocenters. The van der Waals surface area contributed by atoms with Crippen LogP contribution in [0, 0.1) is 0 Å². The highest BCUT2D eigenvalue weighted by Crippen LogP contribution is 2.25. The SMILES string of the molecule is NC(=O)C1CC2=C(CCC=C2)CN1. The molecule has 1 heterocycles. The smallest absolute Gasteiger partial charge is 0.234 e. The third-order valence-corrected chi connectivity index (χ3v) is 2.72. The molecule has 2 rings (SSSR count). The van der Waals surface area contributed by atoms with E-state index in [1.165, 1.54) is 11.1 Å². The standard InChI is InChI=1S/C10H14N2O/c11-10(13)9-5-7-3-1-2-4-8(7)6-12-9/h1,3,9,12H,2,4-6H2,(H2,11,13). The predicted octanol–water partition coefficient (Wildman–Crippen LogP) is 0.480. The second kappa shape index (κ2) is 3.34. The predicted molar refractivity (Wildman–Crippen MR) is 51.0 cm³/mol. The lowest BCUT2D eigenvalue weighted by atomic mass is 9.89. The molecule has 0 aromatic heterocycles. The summed E-state index contributed by atoms with van der Waals surface area (Å²) in [6.45, 7) is 0.827. The topological polar surface area (TPSA) is 55.1 Å². The first-order chi connectivity index (χ1) is 6.27. The Labute approximate surface area is 77.7 Å². The van der Waals surface area contributed by atoms with Crippen molar-refractivity contribution in [2.24, 2.45) is 5.73 Å². The molecule has 3 nitrogen and oxygen atoms in total. The third-order valence-electron chi connectivity index (χ3n) is 2.72. The van der Waals surface area contributed by atoms with Gasteiger partial charge in [-0.1, -0.05) is 17.7 Å². The molecule has 1 aliphatic carbocycles. The molecule has 0 aromatic rings. The Morgan fingerprint density at radius 2 is 2.46 bits per heavy atom.